The highest BCUT2D eigenvalue weighted by molar-refractivity contribution is 7.99. The van der Waals surface area contributed by atoms with Crippen molar-refractivity contribution in [2.24, 2.45) is 23.5 Å². The van der Waals surface area contributed by atoms with Gasteiger partial charge in [-0.2, -0.15) is 11.8 Å². The van der Waals surface area contributed by atoms with E-state index in [1.165, 1.54) is 37.9 Å². The van der Waals surface area contributed by atoms with Crippen LogP contribution in [0.3, 0.4) is 0 Å². The summed E-state index contributed by atoms with van der Waals surface area (Å²) >= 11 is 2.22. The SMILES string of the molecule is CCSC1C2CCCC1CC(CN)C2. The number of hydrogen-bond donors (Lipinski definition) is 1. The Morgan fingerprint density at radius 2 is 1.86 bits per heavy atom. The van der Waals surface area contributed by atoms with Gasteiger partial charge in [0.05, 0.1) is 0 Å². The van der Waals surface area contributed by atoms with Crippen molar-refractivity contribution in [3.05, 3.63) is 0 Å². The predicted octanol–water partition coefficient (Wildman–Crippen LogP) is 2.89. The van der Waals surface area contributed by atoms with Gasteiger partial charge in [-0.15, -0.1) is 0 Å². The number of hydrogen-bond acceptors (Lipinski definition) is 2. The summed E-state index contributed by atoms with van der Waals surface area (Å²) in [5.41, 5.74) is 5.82. The zero-order valence-electron chi connectivity index (χ0n) is 9.24. The minimum absolute atomic E-state index is 0.846. The molecule has 0 aromatic carbocycles. The van der Waals surface area contributed by atoms with E-state index < -0.39 is 0 Å². The number of rotatable bonds is 3. The van der Waals surface area contributed by atoms with Crippen LogP contribution in [-0.4, -0.2) is 17.5 Å². The molecule has 0 spiro atoms. The number of thioether (sulfide) groups is 1. The normalized spacial score (nSPS) is 42.4. The van der Waals surface area contributed by atoms with E-state index in [4.69, 9.17) is 5.73 Å². The van der Waals surface area contributed by atoms with Crippen molar-refractivity contribution >= 4 is 11.8 Å². The fourth-order valence-corrected chi connectivity index (χ4v) is 4.89. The van der Waals surface area contributed by atoms with E-state index in [2.05, 4.69) is 18.7 Å². The van der Waals surface area contributed by atoms with Crippen molar-refractivity contribution in [3.8, 4) is 0 Å². The molecular weight excluding hydrogens is 190 g/mol. The lowest BCUT2D eigenvalue weighted by Gasteiger charge is -2.45. The van der Waals surface area contributed by atoms with Gasteiger partial charge in [-0.3, -0.25) is 0 Å². The van der Waals surface area contributed by atoms with Crippen LogP contribution in [-0.2, 0) is 0 Å². The van der Waals surface area contributed by atoms with E-state index in [0.717, 1.165) is 29.5 Å². The maximum absolute atomic E-state index is 5.82. The van der Waals surface area contributed by atoms with Gasteiger partial charge in [-0.1, -0.05) is 13.3 Å². The molecule has 2 aliphatic carbocycles. The highest BCUT2D eigenvalue weighted by atomic mass is 32.2. The molecule has 2 bridgehead atoms. The van der Waals surface area contributed by atoms with Crippen LogP contribution >= 0.6 is 11.8 Å². The molecule has 82 valence electrons. The van der Waals surface area contributed by atoms with Gasteiger partial charge in [0.2, 0.25) is 0 Å². The summed E-state index contributed by atoms with van der Waals surface area (Å²) in [7, 11) is 0. The van der Waals surface area contributed by atoms with Crippen LogP contribution in [0.2, 0.25) is 0 Å². The summed E-state index contributed by atoms with van der Waals surface area (Å²) in [6, 6.07) is 0. The molecule has 0 radical (unpaired) electrons. The average Bonchev–Trinajstić information content (AvgIpc) is 2.17. The molecule has 2 saturated carbocycles. The first-order valence-electron chi connectivity index (χ1n) is 6.16. The van der Waals surface area contributed by atoms with Crippen molar-refractivity contribution in [1.82, 2.24) is 0 Å². The van der Waals surface area contributed by atoms with E-state index in [0.29, 0.717) is 0 Å². The van der Waals surface area contributed by atoms with Gasteiger partial charge in [0.25, 0.3) is 0 Å². The molecule has 0 aliphatic heterocycles. The molecule has 0 amide bonds. The molecule has 2 aliphatic rings. The van der Waals surface area contributed by atoms with E-state index in [9.17, 15) is 0 Å². The van der Waals surface area contributed by atoms with Crippen LogP contribution in [0.1, 0.15) is 39.0 Å². The standard InChI is InChI=1S/C12H23NS/c1-2-14-12-10-4-3-5-11(12)7-9(6-10)8-13/h9-12H,2-8,13H2,1H3. The lowest BCUT2D eigenvalue weighted by atomic mass is 9.67. The Morgan fingerprint density at radius 3 is 2.36 bits per heavy atom. The fraction of sp³-hybridized carbons (Fsp3) is 1.00. The molecule has 2 heteroatoms. The van der Waals surface area contributed by atoms with E-state index >= 15 is 0 Å². The highest BCUT2D eigenvalue weighted by Crippen LogP contribution is 2.47. The maximum atomic E-state index is 5.82. The summed E-state index contributed by atoms with van der Waals surface area (Å²) in [5, 5.41) is 0.983. The van der Waals surface area contributed by atoms with Crippen LogP contribution in [0.15, 0.2) is 0 Å². The summed E-state index contributed by atoms with van der Waals surface area (Å²) in [6.07, 6.45) is 7.28. The first kappa shape index (κ1) is 10.8. The minimum atomic E-state index is 0.846. The third-order valence-electron chi connectivity index (χ3n) is 4.04. The Kier molecular flexibility index (Phi) is 3.78. The third-order valence-corrected chi connectivity index (χ3v) is 5.53. The van der Waals surface area contributed by atoms with Gasteiger partial charge < -0.3 is 5.73 Å². The van der Waals surface area contributed by atoms with Gasteiger partial charge in [0, 0.05) is 5.25 Å². The smallest absolute Gasteiger partial charge is 0.0104 e. The van der Waals surface area contributed by atoms with Gasteiger partial charge in [0.1, 0.15) is 0 Å². The molecule has 1 nitrogen and oxygen atoms in total. The second kappa shape index (κ2) is 4.89. The molecule has 2 N–H and O–H groups in total. The van der Waals surface area contributed by atoms with Gasteiger partial charge >= 0.3 is 0 Å². The lowest BCUT2D eigenvalue weighted by molar-refractivity contribution is 0.151. The monoisotopic (exact) mass is 213 g/mol. The third kappa shape index (κ3) is 2.11. The van der Waals surface area contributed by atoms with Gasteiger partial charge in [0.15, 0.2) is 0 Å². The van der Waals surface area contributed by atoms with E-state index in [1.54, 1.807) is 0 Å². The van der Waals surface area contributed by atoms with E-state index in [1.807, 2.05) is 0 Å². The second-order valence-electron chi connectivity index (χ2n) is 4.94. The molecule has 0 aromatic heterocycles. The molecule has 0 heterocycles. The highest BCUT2D eigenvalue weighted by Gasteiger charge is 2.39. The first-order valence-corrected chi connectivity index (χ1v) is 7.21. The largest absolute Gasteiger partial charge is 0.330 e. The molecule has 0 saturated heterocycles. The van der Waals surface area contributed by atoms with Crippen molar-refractivity contribution < 1.29 is 0 Å². The molecule has 2 unspecified atom stereocenters. The summed E-state index contributed by atoms with van der Waals surface area (Å²) in [6.45, 7) is 3.23. The first-order chi connectivity index (χ1) is 6.85. The second-order valence-corrected chi connectivity index (χ2v) is 6.40. The van der Waals surface area contributed by atoms with Crippen molar-refractivity contribution in [1.29, 1.82) is 0 Å². The Hall–Kier alpha value is 0.310. The quantitative estimate of drug-likeness (QED) is 0.780. The Morgan fingerprint density at radius 1 is 1.21 bits per heavy atom. The topological polar surface area (TPSA) is 26.0 Å². The molecule has 2 atom stereocenters. The molecule has 2 fully saturated rings. The van der Waals surface area contributed by atoms with Crippen molar-refractivity contribution in [2.75, 3.05) is 12.3 Å². The Labute approximate surface area is 92.2 Å². The van der Waals surface area contributed by atoms with Crippen molar-refractivity contribution in [3.63, 3.8) is 0 Å². The maximum Gasteiger partial charge on any atom is 0.0104 e. The molecule has 0 aromatic rings. The Bertz CT molecular complexity index is 169. The van der Waals surface area contributed by atoms with Crippen LogP contribution in [0.25, 0.3) is 0 Å². The summed E-state index contributed by atoms with van der Waals surface area (Å²) in [5.74, 6) is 4.14. The van der Waals surface area contributed by atoms with Crippen LogP contribution in [0.4, 0.5) is 0 Å². The van der Waals surface area contributed by atoms with Gasteiger partial charge in [-0.25, -0.2) is 0 Å². The molecule has 2 rings (SSSR count). The minimum Gasteiger partial charge on any atom is -0.330 e. The molecule has 14 heavy (non-hydrogen) atoms. The lowest BCUT2D eigenvalue weighted by Crippen LogP contribution is -2.40. The average molecular weight is 213 g/mol. The van der Waals surface area contributed by atoms with E-state index in [-0.39, 0.29) is 0 Å². The fourth-order valence-electron chi connectivity index (χ4n) is 3.47. The van der Waals surface area contributed by atoms with Crippen LogP contribution < -0.4 is 5.73 Å². The summed E-state index contributed by atoms with van der Waals surface area (Å²) < 4.78 is 0. The summed E-state index contributed by atoms with van der Waals surface area (Å²) in [4.78, 5) is 0. The number of nitrogens with two attached hydrogens (primary N) is 1. The van der Waals surface area contributed by atoms with Crippen LogP contribution in [0.5, 0.6) is 0 Å². The molecular formula is C12H23NS. The number of fused-ring (bicyclic) bond motifs is 2. The van der Waals surface area contributed by atoms with Gasteiger partial charge in [-0.05, 0) is 55.7 Å². The Balaban J connectivity index is 1.99. The van der Waals surface area contributed by atoms with Crippen molar-refractivity contribution in [2.45, 2.75) is 44.3 Å². The zero-order valence-corrected chi connectivity index (χ0v) is 10.1. The zero-order chi connectivity index (χ0) is 9.97. The predicted molar refractivity (Wildman–Crippen MR) is 64.5 cm³/mol. The van der Waals surface area contributed by atoms with Crippen LogP contribution in [0, 0.1) is 17.8 Å².